The van der Waals surface area contributed by atoms with Gasteiger partial charge in [0.1, 0.15) is 11.5 Å². The zero-order valence-corrected chi connectivity index (χ0v) is 16.6. The normalized spacial score (nSPS) is 11.5. The lowest BCUT2D eigenvalue weighted by Crippen LogP contribution is -2.41. The molecule has 0 spiro atoms. The Kier molecular flexibility index (Phi) is 5.91. The van der Waals surface area contributed by atoms with Gasteiger partial charge in [0.15, 0.2) is 0 Å². The number of hydrogen-bond donors (Lipinski definition) is 0. The maximum atomic E-state index is 14.5. The van der Waals surface area contributed by atoms with Gasteiger partial charge < -0.3 is 0 Å². The molecule has 0 unspecified atom stereocenters. The molecular weight excluding hydrogens is 448 g/mol. The number of aromatic nitrogens is 2. The summed E-state index contributed by atoms with van der Waals surface area (Å²) in [6.07, 6.45) is -4.96. The first-order valence-corrected chi connectivity index (χ1v) is 9.37. The first-order valence-electron chi connectivity index (χ1n) is 8.17. The number of benzene rings is 2. The fourth-order valence-electron chi connectivity index (χ4n) is 2.64. The van der Waals surface area contributed by atoms with Crippen LogP contribution in [0.4, 0.5) is 17.6 Å². The monoisotopic (exact) mass is 458 g/mol. The second kappa shape index (κ2) is 8.11. The molecular formula is C19H11ClF4N2O3S. The number of carbonyl (C=O) groups is 1. The molecule has 0 fully saturated rings. The molecule has 5 nitrogen and oxygen atoms in total. The summed E-state index contributed by atoms with van der Waals surface area (Å²) in [5, 5.41) is -0.884. The smallest absolute Gasteiger partial charge is 0.292 e. The summed E-state index contributed by atoms with van der Waals surface area (Å²) in [5.41, 5.74) is -5.21. The largest absolute Gasteiger partial charge is 0.431 e. The fraction of sp³-hybridized carbons (Fsp3) is 0.105. The van der Waals surface area contributed by atoms with Crippen LogP contribution in [0.15, 0.2) is 63.0 Å². The van der Waals surface area contributed by atoms with Gasteiger partial charge in [0, 0.05) is 23.6 Å². The van der Waals surface area contributed by atoms with Crippen molar-refractivity contribution < 1.29 is 22.4 Å². The molecule has 0 saturated heterocycles. The average molecular weight is 459 g/mol. The highest BCUT2D eigenvalue weighted by Gasteiger charge is 2.35. The van der Waals surface area contributed by atoms with Gasteiger partial charge in [-0.15, -0.1) is 0 Å². The lowest BCUT2D eigenvalue weighted by Gasteiger charge is -2.15. The molecule has 2 aromatic carbocycles. The Morgan fingerprint density at radius 1 is 1.07 bits per heavy atom. The molecule has 0 N–H and O–H groups in total. The predicted molar refractivity (Wildman–Crippen MR) is 104 cm³/mol. The van der Waals surface area contributed by atoms with E-state index in [1.54, 1.807) is 30.3 Å². The number of alkyl halides is 3. The van der Waals surface area contributed by atoms with Crippen molar-refractivity contribution in [3.8, 4) is 5.69 Å². The van der Waals surface area contributed by atoms with E-state index in [0.29, 0.717) is 4.90 Å². The minimum atomic E-state index is -4.96. The SMILES string of the molecule is Cn1c(C(F)(F)F)cc(=O)n(-c2cc(C(=O)Sc3ccccc3)c(Cl)cc2F)c1=O. The van der Waals surface area contributed by atoms with E-state index in [2.05, 4.69) is 0 Å². The molecule has 0 aliphatic heterocycles. The molecule has 1 aromatic heterocycles. The summed E-state index contributed by atoms with van der Waals surface area (Å²) in [6.45, 7) is 0. The molecule has 11 heteroatoms. The van der Waals surface area contributed by atoms with Gasteiger partial charge in [-0.3, -0.25) is 14.2 Å². The summed E-state index contributed by atoms with van der Waals surface area (Å²) >= 11 is 6.73. The summed E-state index contributed by atoms with van der Waals surface area (Å²) in [4.78, 5) is 37.8. The van der Waals surface area contributed by atoms with Crippen LogP contribution >= 0.6 is 23.4 Å². The lowest BCUT2D eigenvalue weighted by molar-refractivity contribution is -0.144. The standard InChI is InChI=1S/C19H11ClF4N2O3S/c1-25-15(19(22,23)24)9-16(27)26(18(25)29)14-7-11(12(20)8-13(14)21)17(28)30-10-5-3-2-4-6-10/h2-9H,1H3. The molecule has 3 rings (SSSR count). The van der Waals surface area contributed by atoms with E-state index in [1.807, 2.05) is 0 Å². The zero-order chi connectivity index (χ0) is 22.2. The Morgan fingerprint density at radius 2 is 1.70 bits per heavy atom. The summed E-state index contributed by atoms with van der Waals surface area (Å²) < 4.78 is 53.9. The van der Waals surface area contributed by atoms with Crippen molar-refractivity contribution in [3.05, 3.63) is 91.5 Å². The van der Waals surface area contributed by atoms with Crippen molar-refractivity contribution in [1.82, 2.24) is 9.13 Å². The van der Waals surface area contributed by atoms with Crippen LogP contribution < -0.4 is 11.2 Å². The molecule has 0 aliphatic rings. The van der Waals surface area contributed by atoms with Crippen LogP contribution in [-0.2, 0) is 13.2 Å². The summed E-state index contributed by atoms with van der Waals surface area (Å²) in [7, 11) is 0.798. The third-order valence-electron chi connectivity index (χ3n) is 4.06. The number of carbonyl (C=O) groups excluding carboxylic acids is 1. The average Bonchev–Trinajstić information content (AvgIpc) is 2.66. The molecule has 0 saturated carbocycles. The van der Waals surface area contributed by atoms with Crippen LogP contribution in [0.5, 0.6) is 0 Å². The van der Waals surface area contributed by atoms with Crippen LogP contribution in [0.1, 0.15) is 16.1 Å². The Bertz CT molecular complexity index is 1250. The highest BCUT2D eigenvalue weighted by atomic mass is 35.5. The highest BCUT2D eigenvalue weighted by molar-refractivity contribution is 8.14. The predicted octanol–water partition coefficient (Wildman–Crippen LogP) is 4.28. The Hall–Kier alpha value is -2.85. The lowest BCUT2D eigenvalue weighted by atomic mass is 10.2. The van der Waals surface area contributed by atoms with Crippen LogP contribution in [0.2, 0.25) is 5.02 Å². The molecule has 3 aromatic rings. The van der Waals surface area contributed by atoms with Crippen LogP contribution in [0.25, 0.3) is 5.69 Å². The van der Waals surface area contributed by atoms with Crippen molar-refractivity contribution in [3.63, 3.8) is 0 Å². The van der Waals surface area contributed by atoms with E-state index < -0.39 is 39.7 Å². The highest BCUT2D eigenvalue weighted by Crippen LogP contribution is 2.30. The number of nitrogens with zero attached hydrogens (tertiary/aromatic N) is 2. The van der Waals surface area contributed by atoms with Gasteiger partial charge in [-0.05, 0) is 36.0 Å². The van der Waals surface area contributed by atoms with Crippen molar-refractivity contribution in [2.24, 2.45) is 7.05 Å². The van der Waals surface area contributed by atoms with Crippen LogP contribution in [-0.4, -0.2) is 14.2 Å². The number of hydrogen-bond acceptors (Lipinski definition) is 4. The molecule has 0 atom stereocenters. The van der Waals surface area contributed by atoms with Crippen molar-refractivity contribution >= 4 is 28.5 Å². The Morgan fingerprint density at radius 3 is 2.30 bits per heavy atom. The maximum absolute atomic E-state index is 14.5. The van der Waals surface area contributed by atoms with E-state index >= 15 is 0 Å². The second-order valence-corrected chi connectivity index (χ2v) is 7.48. The quantitative estimate of drug-likeness (QED) is 0.434. The topological polar surface area (TPSA) is 61.1 Å². The van der Waals surface area contributed by atoms with Gasteiger partial charge in [0.05, 0.1) is 10.7 Å². The van der Waals surface area contributed by atoms with E-state index in [-0.39, 0.29) is 25.8 Å². The van der Waals surface area contributed by atoms with Gasteiger partial charge in [-0.25, -0.2) is 13.8 Å². The summed E-state index contributed by atoms with van der Waals surface area (Å²) in [5.74, 6) is -1.15. The van der Waals surface area contributed by atoms with Crippen molar-refractivity contribution in [2.45, 2.75) is 11.1 Å². The van der Waals surface area contributed by atoms with Gasteiger partial charge >= 0.3 is 11.9 Å². The van der Waals surface area contributed by atoms with E-state index in [4.69, 9.17) is 11.6 Å². The molecule has 0 amide bonds. The molecule has 156 valence electrons. The van der Waals surface area contributed by atoms with E-state index in [9.17, 15) is 31.9 Å². The molecule has 0 radical (unpaired) electrons. The number of thioether (sulfide) groups is 1. The van der Waals surface area contributed by atoms with E-state index in [1.165, 1.54) is 0 Å². The second-order valence-electron chi connectivity index (χ2n) is 6.03. The minimum absolute atomic E-state index is 0.176. The van der Waals surface area contributed by atoms with Gasteiger partial charge in [-0.2, -0.15) is 13.2 Å². The van der Waals surface area contributed by atoms with Crippen molar-refractivity contribution in [1.29, 1.82) is 0 Å². The van der Waals surface area contributed by atoms with E-state index in [0.717, 1.165) is 30.9 Å². The number of halogens is 5. The first-order chi connectivity index (χ1) is 14.0. The third-order valence-corrected chi connectivity index (χ3v) is 5.29. The first kappa shape index (κ1) is 21.8. The number of rotatable bonds is 3. The summed E-state index contributed by atoms with van der Waals surface area (Å²) in [6, 6.07) is 10.2. The van der Waals surface area contributed by atoms with Crippen LogP contribution in [0, 0.1) is 5.82 Å². The van der Waals surface area contributed by atoms with Gasteiger partial charge in [0.2, 0.25) is 5.12 Å². The molecule has 0 aliphatic carbocycles. The third kappa shape index (κ3) is 4.19. The molecule has 0 bridgehead atoms. The molecule has 1 heterocycles. The zero-order valence-electron chi connectivity index (χ0n) is 15.0. The van der Waals surface area contributed by atoms with Gasteiger partial charge in [-0.1, -0.05) is 29.8 Å². The minimum Gasteiger partial charge on any atom is -0.292 e. The fourth-order valence-corrected chi connectivity index (χ4v) is 3.71. The van der Waals surface area contributed by atoms with Gasteiger partial charge in [0.25, 0.3) is 5.56 Å². The Labute approximate surface area is 175 Å². The Balaban J connectivity index is 2.16. The van der Waals surface area contributed by atoms with Crippen molar-refractivity contribution in [2.75, 3.05) is 0 Å². The van der Waals surface area contributed by atoms with Crippen LogP contribution in [0.3, 0.4) is 0 Å². The maximum Gasteiger partial charge on any atom is 0.431 e. The molecule has 30 heavy (non-hydrogen) atoms.